The molecule has 3 aliphatic heterocycles. The van der Waals surface area contributed by atoms with Gasteiger partial charge in [0, 0.05) is 51.3 Å². The predicted octanol–water partition coefficient (Wildman–Crippen LogP) is 5.24. The van der Waals surface area contributed by atoms with Crippen LogP contribution in [0, 0.1) is 5.92 Å². The average molecular weight is 791 g/mol. The fourth-order valence-electron chi connectivity index (χ4n) is 7.27. The van der Waals surface area contributed by atoms with E-state index in [1.165, 1.54) is 30.3 Å². The van der Waals surface area contributed by atoms with Crippen LogP contribution < -0.4 is 4.74 Å². The van der Waals surface area contributed by atoms with E-state index in [9.17, 15) is 36.0 Å². The van der Waals surface area contributed by atoms with Crippen molar-refractivity contribution in [3.63, 3.8) is 0 Å². The van der Waals surface area contributed by atoms with E-state index in [1.54, 1.807) is 23.6 Å². The van der Waals surface area contributed by atoms with Crippen LogP contribution in [0.15, 0.2) is 51.9 Å². The number of ether oxygens (including phenoxy) is 2. The van der Waals surface area contributed by atoms with E-state index < -0.39 is 51.3 Å². The molecule has 3 saturated heterocycles. The van der Waals surface area contributed by atoms with Crippen molar-refractivity contribution in [1.82, 2.24) is 29.7 Å². The highest BCUT2D eigenvalue weighted by Gasteiger charge is 2.58. The fourth-order valence-corrected chi connectivity index (χ4v) is 9.03. The van der Waals surface area contributed by atoms with Crippen molar-refractivity contribution in [3.8, 4) is 22.9 Å². The van der Waals surface area contributed by atoms with Gasteiger partial charge in [-0.1, -0.05) is 38.1 Å². The molecule has 1 aromatic heterocycles. The zero-order valence-corrected chi connectivity index (χ0v) is 31.8. The van der Waals surface area contributed by atoms with Crippen LogP contribution in [0.2, 0.25) is 0 Å². The highest BCUT2D eigenvalue weighted by atomic mass is 32.2. The predicted molar refractivity (Wildman–Crippen MR) is 192 cm³/mol. The molecule has 0 saturated carbocycles. The maximum Gasteiger partial charge on any atom is 0.420 e. The number of sulfone groups is 1. The lowest BCUT2D eigenvalue weighted by molar-refractivity contribution is -0.141. The summed E-state index contributed by atoms with van der Waals surface area (Å²) >= 11 is 0. The summed E-state index contributed by atoms with van der Waals surface area (Å²) in [5.74, 6) is -2.20. The smallest absolute Gasteiger partial charge is 0.420 e. The van der Waals surface area contributed by atoms with E-state index in [0.717, 1.165) is 17.0 Å². The Bertz CT molecular complexity index is 1990. The summed E-state index contributed by atoms with van der Waals surface area (Å²) in [6.45, 7) is 8.85. The Hall–Kier alpha value is -4.55. The van der Waals surface area contributed by atoms with E-state index in [-0.39, 0.29) is 64.9 Å². The Balaban J connectivity index is 1.23. The Labute approximate surface area is 317 Å². The number of amides is 4. The summed E-state index contributed by atoms with van der Waals surface area (Å²) in [6, 6.07) is 8.02. The van der Waals surface area contributed by atoms with Gasteiger partial charge in [-0.25, -0.2) is 13.2 Å². The number of aromatic nitrogens is 2. The lowest BCUT2D eigenvalue weighted by atomic mass is 9.85. The lowest BCUT2D eigenvalue weighted by Gasteiger charge is -2.43. The maximum absolute atomic E-state index is 14.4. The van der Waals surface area contributed by atoms with Gasteiger partial charge in [0.15, 0.2) is 9.84 Å². The third-order valence-electron chi connectivity index (χ3n) is 10.0. The SMILES string of the molecule is CCCC(=O)N1CCC2(CC1)C(=O)N(Cc1nc(-c3ccc(Oc4ccccc4S(=O)(=O)CC(C)C)c(C(F)(F)F)c3)no1)C(=O)N2CCN1CCOCC1. The fraction of sp³-hybridized carbons (Fsp3) is 0.541. The number of hydrogen-bond acceptors (Lipinski definition) is 11. The third kappa shape index (κ3) is 8.65. The van der Waals surface area contributed by atoms with Crippen molar-refractivity contribution in [3.05, 3.63) is 53.9 Å². The summed E-state index contributed by atoms with van der Waals surface area (Å²) < 4.78 is 85.8. The summed E-state index contributed by atoms with van der Waals surface area (Å²) in [5.41, 5.74) is -2.49. The minimum atomic E-state index is -4.92. The van der Waals surface area contributed by atoms with Crippen LogP contribution in [0.4, 0.5) is 18.0 Å². The van der Waals surface area contributed by atoms with Gasteiger partial charge in [-0.05, 0) is 55.5 Å². The molecule has 55 heavy (non-hydrogen) atoms. The zero-order valence-electron chi connectivity index (χ0n) is 31.0. The molecule has 3 aliphatic rings. The molecule has 18 heteroatoms. The minimum absolute atomic E-state index is 0.00286. The molecule has 0 atom stereocenters. The molecule has 6 rings (SSSR count). The highest BCUT2D eigenvalue weighted by molar-refractivity contribution is 7.91. The number of para-hydroxylation sites is 1. The first-order valence-corrected chi connectivity index (χ1v) is 20.0. The second-order valence-electron chi connectivity index (χ2n) is 14.4. The van der Waals surface area contributed by atoms with Crippen molar-refractivity contribution in [2.75, 3.05) is 58.2 Å². The minimum Gasteiger partial charge on any atom is -0.455 e. The second kappa shape index (κ2) is 16.3. The molecule has 0 bridgehead atoms. The Morgan fingerprint density at radius 2 is 1.71 bits per heavy atom. The van der Waals surface area contributed by atoms with Crippen LogP contribution in [-0.4, -0.2) is 120 Å². The quantitative estimate of drug-likeness (QED) is 0.209. The van der Waals surface area contributed by atoms with Gasteiger partial charge in [0.1, 0.15) is 28.5 Å². The van der Waals surface area contributed by atoms with Gasteiger partial charge in [0.05, 0.1) is 24.5 Å². The summed E-state index contributed by atoms with van der Waals surface area (Å²) in [4.78, 5) is 51.3. The summed E-state index contributed by atoms with van der Waals surface area (Å²) in [5, 5.41) is 3.86. The second-order valence-corrected chi connectivity index (χ2v) is 16.4. The number of carbonyl (C=O) groups is 3. The van der Waals surface area contributed by atoms with Crippen LogP contribution in [0.5, 0.6) is 11.5 Å². The first-order chi connectivity index (χ1) is 26.1. The van der Waals surface area contributed by atoms with Gasteiger partial charge in [-0.15, -0.1) is 0 Å². The van der Waals surface area contributed by atoms with Crippen LogP contribution >= 0.6 is 0 Å². The standard InChI is InChI=1S/C37H45F3N6O8S/c1-4-7-32(47)44-14-12-36(13-15-44)34(48)45(35(49)46(36)17-16-43-18-20-52-21-19-43)23-31-41-33(42-54-31)26-10-11-28(27(22-26)37(38,39)40)53-29-8-5-6-9-30(29)55(50,51)24-25(2)3/h5-6,8-11,22,25H,4,7,12-21,23-24H2,1-3H3. The van der Waals surface area contributed by atoms with Gasteiger partial charge < -0.3 is 23.8 Å². The number of alkyl halides is 3. The van der Waals surface area contributed by atoms with Crippen molar-refractivity contribution >= 4 is 27.7 Å². The van der Waals surface area contributed by atoms with E-state index >= 15 is 0 Å². The first-order valence-electron chi connectivity index (χ1n) is 18.4. The molecule has 3 aromatic rings. The van der Waals surface area contributed by atoms with Crippen molar-refractivity contribution in [1.29, 1.82) is 0 Å². The number of rotatable bonds is 13. The van der Waals surface area contributed by atoms with Crippen molar-refractivity contribution in [2.24, 2.45) is 5.92 Å². The lowest BCUT2D eigenvalue weighted by Crippen LogP contribution is -2.58. The van der Waals surface area contributed by atoms with E-state index in [4.69, 9.17) is 14.0 Å². The maximum atomic E-state index is 14.4. The topological polar surface area (TPSA) is 156 Å². The average Bonchev–Trinajstić information content (AvgIpc) is 3.68. The number of piperidine rings is 1. The molecule has 0 radical (unpaired) electrons. The molecule has 4 amide bonds. The monoisotopic (exact) mass is 790 g/mol. The zero-order chi connectivity index (χ0) is 39.5. The largest absolute Gasteiger partial charge is 0.455 e. The van der Waals surface area contributed by atoms with Gasteiger partial charge in [-0.3, -0.25) is 19.4 Å². The Kier molecular flexibility index (Phi) is 11.9. The summed E-state index contributed by atoms with van der Waals surface area (Å²) in [6.07, 6.45) is -3.33. The number of likely N-dealkylation sites (tertiary alicyclic amines) is 1. The third-order valence-corrected chi connectivity index (χ3v) is 12.1. The van der Waals surface area contributed by atoms with Crippen molar-refractivity contribution < 1.29 is 50.0 Å². The number of halogens is 3. The molecule has 0 aliphatic carbocycles. The van der Waals surface area contributed by atoms with Gasteiger partial charge in [0.25, 0.3) is 5.91 Å². The normalized spacial score (nSPS) is 18.2. The van der Waals surface area contributed by atoms with E-state index in [0.29, 0.717) is 58.8 Å². The molecule has 14 nitrogen and oxygen atoms in total. The van der Waals surface area contributed by atoms with Crippen LogP contribution in [0.1, 0.15) is 57.9 Å². The van der Waals surface area contributed by atoms with Crippen LogP contribution in [0.25, 0.3) is 11.4 Å². The number of morpholine rings is 1. The van der Waals surface area contributed by atoms with E-state index in [1.807, 2.05) is 6.92 Å². The molecule has 0 N–H and O–H groups in total. The highest BCUT2D eigenvalue weighted by Crippen LogP contribution is 2.42. The van der Waals surface area contributed by atoms with E-state index in [2.05, 4.69) is 15.0 Å². The number of benzene rings is 2. The molecular weight excluding hydrogens is 746 g/mol. The number of nitrogens with zero attached hydrogens (tertiary/aromatic N) is 6. The molecule has 3 fully saturated rings. The molecule has 0 unspecified atom stereocenters. The Morgan fingerprint density at radius 3 is 2.38 bits per heavy atom. The van der Waals surface area contributed by atoms with Crippen LogP contribution in [0.3, 0.4) is 0 Å². The first kappa shape index (κ1) is 40.1. The van der Waals surface area contributed by atoms with Crippen molar-refractivity contribution in [2.45, 2.75) is 69.6 Å². The molecular formula is C37H45F3N6O8S. The van der Waals surface area contributed by atoms with Crippen LogP contribution in [-0.2, 0) is 36.9 Å². The number of urea groups is 1. The van der Waals surface area contributed by atoms with Gasteiger partial charge >= 0.3 is 12.2 Å². The molecule has 1 spiro atoms. The Morgan fingerprint density at radius 1 is 1.00 bits per heavy atom. The molecule has 2 aromatic carbocycles. The number of imide groups is 1. The number of hydrogen-bond donors (Lipinski definition) is 0. The summed E-state index contributed by atoms with van der Waals surface area (Å²) in [7, 11) is -3.87. The van der Waals surface area contributed by atoms with Gasteiger partial charge in [-0.2, -0.15) is 18.2 Å². The molecule has 4 heterocycles. The molecule has 298 valence electrons. The van der Waals surface area contributed by atoms with Gasteiger partial charge in [0.2, 0.25) is 17.6 Å². The number of carbonyl (C=O) groups excluding carboxylic acids is 3.